The number of ketones is 1. The number of hydrogen-bond acceptors (Lipinski definition) is 4. The molecule has 0 radical (unpaired) electrons. The van der Waals surface area contributed by atoms with E-state index in [1.165, 1.54) is 45.4 Å². The molecule has 0 saturated carbocycles. The first-order valence-corrected chi connectivity index (χ1v) is 8.39. The first-order chi connectivity index (χ1) is 10.1. The zero-order valence-corrected chi connectivity index (χ0v) is 14.2. The minimum atomic E-state index is -0.251. The average molecular weight is 299 g/mol. The molecule has 0 saturated heterocycles. The van der Waals surface area contributed by atoms with Crippen LogP contribution in [0.25, 0.3) is 0 Å². The molecule has 0 spiro atoms. The number of hydrogen-bond donors (Lipinski definition) is 0. The molecule has 0 bridgehead atoms. The molecule has 0 rings (SSSR count). The highest BCUT2D eigenvalue weighted by Gasteiger charge is 2.05. The third kappa shape index (κ3) is 15.3. The third-order valence-corrected chi connectivity index (χ3v) is 3.61. The Morgan fingerprint density at radius 2 is 1.52 bits per heavy atom. The summed E-state index contributed by atoms with van der Waals surface area (Å²) < 4.78 is 4.87. The lowest BCUT2D eigenvalue weighted by Crippen LogP contribution is -2.26. The van der Waals surface area contributed by atoms with Crippen molar-refractivity contribution >= 4 is 11.8 Å². The number of Topliss-reactive ketones (excluding diaryl/α,β-unsaturated/α-hetero) is 1. The fourth-order valence-electron chi connectivity index (χ4n) is 2.18. The summed E-state index contributed by atoms with van der Waals surface area (Å²) in [5.41, 5.74) is 0. The summed E-state index contributed by atoms with van der Waals surface area (Å²) >= 11 is 0. The van der Waals surface area contributed by atoms with E-state index in [0.29, 0.717) is 31.8 Å². The zero-order chi connectivity index (χ0) is 15.9. The van der Waals surface area contributed by atoms with Gasteiger partial charge in [0.25, 0.3) is 0 Å². The van der Waals surface area contributed by atoms with Crippen molar-refractivity contribution in [3.63, 3.8) is 0 Å². The molecule has 0 aromatic rings. The van der Waals surface area contributed by atoms with E-state index in [0.717, 1.165) is 13.0 Å². The molecule has 124 valence electrons. The molecule has 0 aliphatic carbocycles. The van der Waals surface area contributed by atoms with Crippen LogP contribution in [0, 0.1) is 0 Å². The topological polar surface area (TPSA) is 46.6 Å². The van der Waals surface area contributed by atoms with Crippen molar-refractivity contribution in [3.05, 3.63) is 0 Å². The number of ether oxygens (including phenoxy) is 1. The van der Waals surface area contributed by atoms with E-state index < -0.39 is 0 Å². The van der Waals surface area contributed by atoms with E-state index >= 15 is 0 Å². The van der Waals surface area contributed by atoms with Gasteiger partial charge >= 0.3 is 5.97 Å². The number of carbonyl (C=O) groups is 2. The van der Waals surface area contributed by atoms with Crippen LogP contribution >= 0.6 is 0 Å². The van der Waals surface area contributed by atoms with Crippen molar-refractivity contribution in [3.8, 4) is 0 Å². The molecule has 0 N–H and O–H groups in total. The number of esters is 1. The van der Waals surface area contributed by atoms with Gasteiger partial charge in [0.1, 0.15) is 12.4 Å². The van der Waals surface area contributed by atoms with Crippen molar-refractivity contribution in [2.75, 3.05) is 26.7 Å². The monoisotopic (exact) mass is 299 g/mol. The molecule has 0 atom stereocenters. The summed E-state index contributed by atoms with van der Waals surface area (Å²) in [7, 11) is 1.95. The second-order valence-electron chi connectivity index (χ2n) is 5.80. The molecule has 0 fully saturated rings. The maximum atomic E-state index is 11.8. The molecular weight excluding hydrogens is 266 g/mol. The second kappa shape index (κ2) is 14.1. The molecule has 0 unspecified atom stereocenters. The van der Waals surface area contributed by atoms with Gasteiger partial charge < -0.3 is 9.64 Å². The lowest BCUT2D eigenvalue weighted by Gasteiger charge is -2.15. The Morgan fingerprint density at radius 1 is 0.905 bits per heavy atom. The second-order valence-corrected chi connectivity index (χ2v) is 5.80. The molecule has 0 aliphatic heterocycles. The van der Waals surface area contributed by atoms with Crippen LogP contribution < -0.4 is 0 Å². The van der Waals surface area contributed by atoms with Gasteiger partial charge in [-0.1, -0.05) is 45.4 Å². The lowest BCUT2D eigenvalue weighted by atomic mass is 10.1. The Kier molecular flexibility index (Phi) is 13.5. The fourth-order valence-corrected chi connectivity index (χ4v) is 2.18. The van der Waals surface area contributed by atoms with E-state index in [4.69, 9.17) is 4.74 Å². The highest BCUT2D eigenvalue weighted by atomic mass is 16.5. The zero-order valence-electron chi connectivity index (χ0n) is 14.2. The van der Waals surface area contributed by atoms with Crippen molar-refractivity contribution in [1.29, 1.82) is 0 Å². The minimum absolute atomic E-state index is 0.251. The Bertz CT molecular complexity index is 279. The summed E-state index contributed by atoms with van der Waals surface area (Å²) in [6, 6.07) is 0. The van der Waals surface area contributed by atoms with Gasteiger partial charge in [-0.3, -0.25) is 9.59 Å². The van der Waals surface area contributed by atoms with E-state index in [9.17, 15) is 9.59 Å². The third-order valence-electron chi connectivity index (χ3n) is 3.61. The van der Waals surface area contributed by atoms with E-state index in [-0.39, 0.29) is 5.97 Å². The Labute approximate surface area is 130 Å². The predicted octanol–water partition coefficient (Wildman–Crippen LogP) is 3.58. The van der Waals surface area contributed by atoms with E-state index in [1.807, 2.05) is 11.9 Å². The summed E-state index contributed by atoms with van der Waals surface area (Å²) in [5, 5.41) is 0. The van der Waals surface area contributed by atoms with Gasteiger partial charge in [-0.05, 0) is 13.5 Å². The van der Waals surface area contributed by atoms with Gasteiger partial charge in [0, 0.05) is 32.9 Å². The molecule has 0 amide bonds. The van der Waals surface area contributed by atoms with Crippen LogP contribution in [-0.2, 0) is 14.3 Å². The molecule has 0 aromatic heterocycles. The fraction of sp³-hybridized carbons (Fsp3) is 0.882. The summed E-state index contributed by atoms with van der Waals surface area (Å²) in [6.07, 6.45) is 10.0. The maximum Gasteiger partial charge on any atom is 0.302 e. The van der Waals surface area contributed by atoms with Gasteiger partial charge in [0.2, 0.25) is 0 Å². The van der Waals surface area contributed by atoms with Crippen LogP contribution in [0.2, 0.25) is 0 Å². The van der Waals surface area contributed by atoms with Crippen molar-refractivity contribution < 1.29 is 14.3 Å². The quantitative estimate of drug-likeness (QED) is 0.363. The van der Waals surface area contributed by atoms with Gasteiger partial charge in [-0.2, -0.15) is 0 Å². The normalized spacial score (nSPS) is 10.9. The van der Waals surface area contributed by atoms with Crippen molar-refractivity contribution in [2.24, 2.45) is 0 Å². The summed E-state index contributed by atoms with van der Waals surface area (Å²) in [6.45, 7) is 5.46. The van der Waals surface area contributed by atoms with Crippen molar-refractivity contribution in [2.45, 2.75) is 71.6 Å². The standard InChI is InChI=1S/C17H33NO3/c1-4-5-6-7-8-9-10-11-17(20)12-13-18(3)14-15-21-16(2)19/h4-15H2,1-3H3. The summed E-state index contributed by atoms with van der Waals surface area (Å²) in [4.78, 5) is 24.4. The van der Waals surface area contributed by atoms with Gasteiger partial charge in [-0.25, -0.2) is 0 Å². The smallest absolute Gasteiger partial charge is 0.302 e. The molecule has 0 aromatic carbocycles. The molecule has 0 aliphatic rings. The molecule has 21 heavy (non-hydrogen) atoms. The van der Waals surface area contributed by atoms with Crippen LogP contribution in [0.1, 0.15) is 71.6 Å². The van der Waals surface area contributed by atoms with Crippen LogP contribution in [0.3, 0.4) is 0 Å². The number of carbonyl (C=O) groups excluding carboxylic acids is 2. The number of rotatable bonds is 14. The first-order valence-electron chi connectivity index (χ1n) is 8.39. The van der Waals surface area contributed by atoms with E-state index in [1.54, 1.807) is 0 Å². The number of unbranched alkanes of at least 4 members (excludes halogenated alkanes) is 6. The first kappa shape index (κ1) is 20.1. The number of nitrogens with zero attached hydrogens (tertiary/aromatic N) is 1. The highest BCUT2D eigenvalue weighted by Crippen LogP contribution is 2.09. The van der Waals surface area contributed by atoms with Gasteiger partial charge in [-0.15, -0.1) is 0 Å². The Balaban J connectivity index is 3.38. The highest BCUT2D eigenvalue weighted by molar-refractivity contribution is 5.78. The molecule has 4 nitrogen and oxygen atoms in total. The predicted molar refractivity (Wildman–Crippen MR) is 86.4 cm³/mol. The largest absolute Gasteiger partial charge is 0.465 e. The SMILES string of the molecule is CCCCCCCCCC(=O)CCN(C)CCOC(C)=O. The molecular formula is C17H33NO3. The van der Waals surface area contributed by atoms with Crippen LogP contribution in [0.5, 0.6) is 0 Å². The average Bonchev–Trinajstić information content (AvgIpc) is 2.43. The Morgan fingerprint density at radius 3 is 2.14 bits per heavy atom. The Hall–Kier alpha value is -0.900. The maximum absolute atomic E-state index is 11.8. The van der Waals surface area contributed by atoms with Gasteiger partial charge in [0.05, 0.1) is 0 Å². The van der Waals surface area contributed by atoms with Crippen LogP contribution in [0.4, 0.5) is 0 Å². The van der Waals surface area contributed by atoms with Gasteiger partial charge in [0.15, 0.2) is 0 Å². The van der Waals surface area contributed by atoms with Crippen molar-refractivity contribution in [1.82, 2.24) is 4.90 Å². The molecule has 0 heterocycles. The van der Waals surface area contributed by atoms with E-state index in [2.05, 4.69) is 6.92 Å². The minimum Gasteiger partial charge on any atom is -0.465 e. The van der Waals surface area contributed by atoms with Crippen LogP contribution in [-0.4, -0.2) is 43.4 Å². The lowest BCUT2D eigenvalue weighted by molar-refractivity contribution is -0.141. The molecule has 4 heteroatoms. The van der Waals surface area contributed by atoms with Crippen LogP contribution in [0.15, 0.2) is 0 Å². The summed E-state index contributed by atoms with van der Waals surface area (Å²) in [5.74, 6) is 0.0984. The number of likely N-dealkylation sites (N-methyl/N-ethyl adjacent to an activating group) is 1.